The Bertz CT molecular complexity index is 2940. The molecule has 3 aliphatic heterocycles. The van der Waals surface area contributed by atoms with Gasteiger partial charge in [0.05, 0.1) is 15.2 Å². The van der Waals surface area contributed by atoms with Gasteiger partial charge in [0.2, 0.25) is 5.69 Å². The molecule has 0 aliphatic carbocycles. The number of unbranched alkanes of at least 4 members (excludes halogenated alkanes) is 2. The van der Waals surface area contributed by atoms with Crippen molar-refractivity contribution in [2.24, 2.45) is 0 Å². The third kappa shape index (κ3) is 10.1. The van der Waals surface area contributed by atoms with Crippen molar-refractivity contribution in [2.45, 2.75) is 108 Å². The number of nitrogens with zero attached hydrogens (tertiary/aromatic N) is 3. The summed E-state index contributed by atoms with van der Waals surface area (Å²) in [6, 6.07) is 13.8. The Labute approximate surface area is 460 Å². The van der Waals surface area contributed by atoms with Gasteiger partial charge in [-0.2, -0.15) is 4.58 Å². The Morgan fingerprint density at radius 2 is 1.31 bits per heavy atom. The maximum Gasteiger partial charge on any atom is 1.00 e. The van der Waals surface area contributed by atoms with Crippen molar-refractivity contribution in [1.29, 1.82) is 0 Å². The minimum absolute atomic E-state index is 0. The largest absolute Gasteiger partial charge is 1.00 e. The molecule has 64 heavy (non-hydrogen) atoms. The van der Waals surface area contributed by atoms with Crippen LogP contribution in [0.15, 0.2) is 94.4 Å². The third-order valence-corrected chi connectivity index (χ3v) is 14.0. The molecule has 4 aromatic rings. The van der Waals surface area contributed by atoms with Crippen molar-refractivity contribution in [3.05, 3.63) is 107 Å². The monoisotopic (exact) mass is 958 g/mol. The van der Waals surface area contributed by atoms with E-state index in [1.165, 1.54) is 24.3 Å². The summed E-state index contributed by atoms with van der Waals surface area (Å²) >= 11 is 0. The van der Waals surface area contributed by atoms with Gasteiger partial charge in [-0.05, 0) is 128 Å². The summed E-state index contributed by atoms with van der Waals surface area (Å²) in [7, 11) is -9.41. The van der Waals surface area contributed by atoms with Crippen LogP contribution in [-0.4, -0.2) is 72.2 Å². The van der Waals surface area contributed by atoms with E-state index in [9.17, 15) is 40.3 Å². The molecule has 1 fully saturated rings. The van der Waals surface area contributed by atoms with Gasteiger partial charge < -0.3 is 18.8 Å². The van der Waals surface area contributed by atoms with Gasteiger partial charge in [0.1, 0.15) is 26.8 Å². The molecule has 2 amide bonds. The summed E-state index contributed by atoms with van der Waals surface area (Å²) in [5.74, 6) is -1.70. The van der Waals surface area contributed by atoms with Gasteiger partial charge in [-0.3, -0.25) is 9.59 Å². The number of rotatable bonds is 13. The zero-order chi connectivity index (χ0) is 45.1. The number of hydrogen-bond acceptors (Lipinski definition) is 11. The number of imide groups is 1. The fourth-order valence-electron chi connectivity index (χ4n) is 9.45. The standard InChI is InChI=1S/C47H51N3O10S2.2K/c1-8-48-37-20-18-33-29(2)25-31(61(54,55)56)27-35(33)44(37)46(4,5)39(48)15-11-9-12-16-40-47(6,7)45-36-28-32(62(57,58)59)26-30(3)34(36)19-21-38(45)49(40)24-14-10-13-17-43(53)60-50-41(51)22-23-42(50)52;;/h9,11-12,15-16,18-21,25-28H,8,10,13-14,17,22-24H2,1-7H3,(H-,54,55,56,57,58,59);;/q;2*+1/p-1. The van der Waals surface area contributed by atoms with Crippen molar-refractivity contribution in [3.8, 4) is 0 Å². The van der Waals surface area contributed by atoms with Crippen LogP contribution in [0.25, 0.3) is 21.5 Å². The van der Waals surface area contributed by atoms with Gasteiger partial charge in [-0.25, -0.2) is 21.6 Å². The molecular formula is C47H50K2N3O10S2+. The molecule has 0 atom stereocenters. The van der Waals surface area contributed by atoms with Crippen LogP contribution in [0.1, 0.15) is 95.4 Å². The maximum absolute atomic E-state index is 12.5. The predicted molar refractivity (Wildman–Crippen MR) is 234 cm³/mol. The first-order valence-electron chi connectivity index (χ1n) is 20.7. The Balaban J connectivity index is 0.00000385. The van der Waals surface area contributed by atoms with Crippen LogP contribution in [0, 0.1) is 13.8 Å². The summed E-state index contributed by atoms with van der Waals surface area (Å²) in [5.41, 5.74) is 5.77. The molecule has 0 saturated carbocycles. The molecule has 0 spiro atoms. The van der Waals surface area contributed by atoms with Crippen molar-refractivity contribution < 1.29 is 153 Å². The van der Waals surface area contributed by atoms with Crippen LogP contribution < -0.4 is 108 Å². The van der Waals surface area contributed by atoms with Gasteiger partial charge in [0, 0.05) is 66.7 Å². The van der Waals surface area contributed by atoms with Crippen molar-refractivity contribution in [2.75, 3.05) is 18.0 Å². The second-order valence-corrected chi connectivity index (χ2v) is 19.9. The summed E-state index contributed by atoms with van der Waals surface area (Å²) in [4.78, 5) is 42.9. The zero-order valence-electron chi connectivity index (χ0n) is 37.9. The quantitative estimate of drug-likeness (QED) is 0.0476. The molecule has 3 heterocycles. The van der Waals surface area contributed by atoms with Gasteiger partial charge in [0.25, 0.3) is 11.8 Å². The molecule has 0 unspecified atom stereocenters. The first kappa shape index (κ1) is 52.8. The maximum atomic E-state index is 12.5. The summed E-state index contributed by atoms with van der Waals surface area (Å²) < 4.78 is 75.3. The van der Waals surface area contributed by atoms with Crippen molar-refractivity contribution in [1.82, 2.24) is 5.06 Å². The van der Waals surface area contributed by atoms with Gasteiger partial charge in [-0.15, -0.1) is 5.06 Å². The Hall–Kier alpha value is -2.21. The van der Waals surface area contributed by atoms with Crippen LogP contribution in [0.2, 0.25) is 0 Å². The molecule has 7 rings (SSSR count). The molecule has 0 bridgehead atoms. The van der Waals surface area contributed by atoms with Crippen molar-refractivity contribution in [3.63, 3.8) is 0 Å². The van der Waals surface area contributed by atoms with E-state index >= 15 is 0 Å². The normalized spacial score (nSPS) is 17.5. The molecule has 0 aromatic heterocycles. The summed E-state index contributed by atoms with van der Waals surface area (Å²) in [5, 5.41) is 3.67. The smallest absolute Gasteiger partial charge is 0.744 e. The zero-order valence-corrected chi connectivity index (χ0v) is 45.8. The van der Waals surface area contributed by atoms with Crippen LogP contribution in [0.4, 0.5) is 11.4 Å². The van der Waals surface area contributed by atoms with E-state index < -0.39 is 48.8 Å². The second kappa shape index (κ2) is 20.2. The van der Waals surface area contributed by atoms with Gasteiger partial charge >= 0.3 is 109 Å². The van der Waals surface area contributed by atoms with Crippen LogP contribution >= 0.6 is 0 Å². The number of aryl methyl sites for hydroxylation is 2. The number of anilines is 1. The Kier molecular flexibility index (Phi) is 16.6. The van der Waals surface area contributed by atoms with Crippen LogP contribution in [0.3, 0.4) is 0 Å². The van der Waals surface area contributed by atoms with E-state index in [1.807, 2.05) is 61.6 Å². The van der Waals surface area contributed by atoms with E-state index in [-0.39, 0.29) is 132 Å². The minimum atomic E-state index is -4.74. The molecule has 1 saturated heterocycles. The fourth-order valence-corrected chi connectivity index (χ4v) is 10.6. The number of hydrogen-bond donors (Lipinski definition) is 0. The third-order valence-electron chi connectivity index (χ3n) is 12.4. The number of carbonyl (C=O) groups excluding carboxylic acids is 3. The number of amides is 2. The van der Waals surface area contributed by atoms with E-state index in [0.29, 0.717) is 53.9 Å². The van der Waals surface area contributed by atoms with Gasteiger partial charge in [0.15, 0.2) is 5.71 Å². The number of likely N-dealkylation sites (N-methyl/N-ethyl adjacent to an activating group) is 1. The first-order valence-corrected chi connectivity index (χ1v) is 23.5. The molecule has 4 aromatic carbocycles. The molecule has 13 nitrogen and oxygen atoms in total. The van der Waals surface area contributed by atoms with Crippen molar-refractivity contribution >= 4 is 76.7 Å². The van der Waals surface area contributed by atoms with E-state index in [2.05, 4.69) is 37.2 Å². The molecule has 3 aliphatic rings. The Morgan fingerprint density at radius 3 is 1.88 bits per heavy atom. The minimum Gasteiger partial charge on any atom is -0.744 e. The van der Waals surface area contributed by atoms with E-state index in [4.69, 9.17) is 4.84 Å². The second-order valence-electron chi connectivity index (χ2n) is 17.2. The Morgan fingerprint density at radius 1 is 0.750 bits per heavy atom. The molecular weight excluding hydrogens is 909 g/mol. The SMILES string of the molecule is CCN1/C(=C/C=C/C=C/C2=[N+](CCCCCC(=O)ON3C(=O)CCC3=O)c3ccc4c(C)cc(S(=O)(=O)[O-])cc4c3C2(C)C)C(C)(C)c2c1ccc1c(C)cc(S(=O)(=O)[O-])cc21.[K+].[K+]. The number of carbonyl (C=O) groups is 3. The molecule has 0 N–H and O–H groups in total. The number of fused-ring (bicyclic) bond motifs is 6. The van der Waals surface area contributed by atoms with Gasteiger partial charge in [-0.1, -0.05) is 38.1 Å². The molecule has 17 heteroatoms. The number of hydroxylamine groups is 2. The average Bonchev–Trinajstić information content (AvgIpc) is 3.71. The topological polar surface area (TPSA) is 184 Å². The number of benzene rings is 4. The van der Waals surface area contributed by atoms with E-state index in [1.54, 1.807) is 13.8 Å². The summed E-state index contributed by atoms with van der Waals surface area (Å²) in [6.45, 7) is 15.1. The predicted octanol–water partition coefficient (Wildman–Crippen LogP) is 1.78. The molecule has 0 radical (unpaired) electrons. The van der Waals surface area contributed by atoms with Crippen LogP contribution in [-0.2, 0) is 50.3 Å². The van der Waals surface area contributed by atoms with Crippen LogP contribution in [0.5, 0.6) is 0 Å². The number of allylic oxidation sites excluding steroid dienone is 6. The average molecular weight is 959 g/mol. The first-order chi connectivity index (χ1) is 29.1. The molecule has 326 valence electrons. The summed E-state index contributed by atoms with van der Waals surface area (Å²) in [6.07, 6.45) is 11.7. The van der Waals surface area contributed by atoms with E-state index in [0.717, 1.165) is 50.1 Å². The fraction of sp³-hybridized carbons (Fsp3) is 0.362.